The maximum atomic E-state index is 12.9. The van der Waals surface area contributed by atoms with Crippen LogP contribution in [0.3, 0.4) is 0 Å². The van der Waals surface area contributed by atoms with Crippen molar-refractivity contribution in [3.63, 3.8) is 0 Å². The lowest BCUT2D eigenvalue weighted by atomic mass is 10.0. The highest BCUT2D eigenvalue weighted by molar-refractivity contribution is 7.89. The van der Waals surface area contributed by atoms with E-state index in [-0.39, 0.29) is 12.6 Å². The lowest BCUT2D eigenvalue weighted by Gasteiger charge is -2.34. The van der Waals surface area contributed by atoms with Crippen molar-refractivity contribution in [1.29, 1.82) is 0 Å². The fourth-order valence-electron chi connectivity index (χ4n) is 2.85. The van der Waals surface area contributed by atoms with E-state index in [2.05, 4.69) is 5.32 Å². The summed E-state index contributed by atoms with van der Waals surface area (Å²) in [7, 11) is -4.21. The summed E-state index contributed by atoms with van der Waals surface area (Å²) in [6.07, 6.45) is -3.04. The van der Waals surface area contributed by atoms with Gasteiger partial charge in [0.05, 0.1) is 10.6 Å². The summed E-state index contributed by atoms with van der Waals surface area (Å²) in [5, 5.41) is 2.16. The van der Waals surface area contributed by atoms with Crippen LogP contribution in [0, 0.1) is 0 Å². The topological polar surface area (TPSA) is 66.5 Å². The molecule has 1 aromatic carbocycles. The van der Waals surface area contributed by atoms with E-state index >= 15 is 0 Å². The van der Waals surface area contributed by atoms with Gasteiger partial charge in [0.1, 0.15) is 10.9 Å². The molecule has 0 aromatic heterocycles. The number of nitrogens with one attached hydrogen (secondary N) is 1. The van der Waals surface area contributed by atoms with E-state index in [4.69, 9.17) is 11.6 Å². The van der Waals surface area contributed by atoms with Crippen LogP contribution in [-0.4, -0.2) is 37.3 Å². The summed E-state index contributed by atoms with van der Waals surface area (Å²) in [4.78, 5) is 11.9. The first-order valence-corrected chi connectivity index (χ1v) is 9.95. The number of sulfonamides is 1. The van der Waals surface area contributed by atoms with E-state index in [0.29, 0.717) is 31.4 Å². The normalized spacial score (nSPS) is 19.6. The highest BCUT2D eigenvalue weighted by Crippen LogP contribution is 2.35. The van der Waals surface area contributed by atoms with Gasteiger partial charge in [-0.15, -0.1) is 0 Å². The number of amides is 1. The van der Waals surface area contributed by atoms with Gasteiger partial charge in [-0.2, -0.15) is 17.5 Å². The summed E-state index contributed by atoms with van der Waals surface area (Å²) in [6.45, 7) is 3.62. The van der Waals surface area contributed by atoms with Gasteiger partial charge < -0.3 is 5.32 Å². The smallest absolute Gasteiger partial charge is 0.353 e. The monoisotopic (exact) mass is 412 g/mol. The maximum Gasteiger partial charge on any atom is 0.416 e. The fraction of sp³-hybridized carbons (Fsp3) is 0.562. The van der Waals surface area contributed by atoms with Gasteiger partial charge in [0.2, 0.25) is 15.9 Å². The predicted molar refractivity (Wildman–Crippen MR) is 91.3 cm³/mol. The molecule has 0 spiro atoms. The van der Waals surface area contributed by atoms with Crippen LogP contribution < -0.4 is 5.32 Å². The van der Waals surface area contributed by atoms with E-state index in [9.17, 15) is 26.4 Å². The molecule has 1 aromatic rings. The van der Waals surface area contributed by atoms with Crippen molar-refractivity contribution in [3.8, 4) is 0 Å². The summed E-state index contributed by atoms with van der Waals surface area (Å²) >= 11 is 5.84. The number of hydrogen-bond donors (Lipinski definition) is 1. The second-order valence-corrected chi connectivity index (χ2v) is 8.70. The molecule has 1 atom stereocenters. The summed E-state index contributed by atoms with van der Waals surface area (Å²) in [5.41, 5.74) is -1.03. The average Bonchev–Trinajstić information content (AvgIpc) is 2.53. The highest BCUT2D eigenvalue weighted by atomic mass is 35.5. The quantitative estimate of drug-likeness (QED) is 0.823. The van der Waals surface area contributed by atoms with E-state index in [1.54, 1.807) is 13.8 Å². The van der Waals surface area contributed by atoms with Crippen molar-refractivity contribution in [2.24, 2.45) is 0 Å². The third-order valence-corrected chi connectivity index (χ3v) is 6.42. The van der Waals surface area contributed by atoms with E-state index in [1.165, 1.54) is 0 Å². The van der Waals surface area contributed by atoms with Gasteiger partial charge in [-0.25, -0.2) is 8.42 Å². The maximum absolute atomic E-state index is 12.9. The molecule has 0 unspecified atom stereocenters. The molecule has 26 heavy (non-hydrogen) atoms. The minimum Gasteiger partial charge on any atom is -0.353 e. The Balaban J connectivity index is 2.39. The number of carbonyl (C=O) groups excluding carboxylic acids is 1. The molecule has 0 aliphatic carbocycles. The van der Waals surface area contributed by atoms with Crippen molar-refractivity contribution >= 4 is 27.5 Å². The number of benzene rings is 1. The first-order chi connectivity index (χ1) is 11.9. The molecular formula is C16H20ClF3N2O3S. The largest absolute Gasteiger partial charge is 0.416 e. The number of rotatable bonds is 4. The highest BCUT2D eigenvalue weighted by Gasteiger charge is 2.39. The first kappa shape index (κ1) is 21.0. The zero-order valence-electron chi connectivity index (χ0n) is 14.3. The lowest BCUT2D eigenvalue weighted by Crippen LogP contribution is -2.52. The number of carbonyl (C=O) groups is 1. The minimum atomic E-state index is -4.63. The summed E-state index contributed by atoms with van der Waals surface area (Å²) < 4.78 is 65.2. The summed E-state index contributed by atoms with van der Waals surface area (Å²) in [5.74, 6) is -0.425. The molecule has 1 N–H and O–H groups in total. The number of hydrogen-bond acceptors (Lipinski definition) is 3. The van der Waals surface area contributed by atoms with Gasteiger partial charge in [-0.05, 0) is 44.9 Å². The molecule has 2 rings (SSSR count). The fourth-order valence-corrected chi connectivity index (χ4v) is 5.02. The Labute approximate surface area is 155 Å². The number of piperidine rings is 1. The van der Waals surface area contributed by atoms with Crippen molar-refractivity contribution in [3.05, 3.63) is 28.8 Å². The standard InChI is InChI=1S/C16H20ClF3N2O3S/c1-10(2)21-15(23)13-5-3-4-8-22(13)26(24,25)14-7-6-11(9-12(14)17)16(18,19)20/h6-7,9-10,13H,3-5,8H2,1-2H3,(H,21,23)/t13-/m0/s1. The van der Waals surface area contributed by atoms with Gasteiger partial charge in [0.25, 0.3) is 0 Å². The van der Waals surface area contributed by atoms with E-state index < -0.39 is 43.6 Å². The Morgan fingerprint density at radius 2 is 1.96 bits per heavy atom. The molecule has 1 fully saturated rings. The Morgan fingerprint density at radius 1 is 1.31 bits per heavy atom. The van der Waals surface area contributed by atoms with Gasteiger partial charge in [-0.1, -0.05) is 18.0 Å². The van der Waals surface area contributed by atoms with Crippen LogP contribution >= 0.6 is 11.6 Å². The third kappa shape index (κ3) is 4.50. The van der Waals surface area contributed by atoms with Crippen LogP contribution in [0.25, 0.3) is 0 Å². The Hall–Kier alpha value is -1.32. The average molecular weight is 413 g/mol. The molecule has 1 saturated heterocycles. The van der Waals surface area contributed by atoms with E-state index in [0.717, 1.165) is 10.4 Å². The first-order valence-electron chi connectivity index (χ1n) is 8.13. The zero-order chi connectivity index (χ0) is 19.7. The molecule has 5 nitrogen and oxygen atoms in total. The van der Waals surface area contributed by atoms with Crippen LogP contribution in [0.5, 0.6) is 0 Å². The van der Waals surface area contributed by atoms with Crippen molar-refractivity contribution in [2.45, 2.75) is 56.3 Å². The lowest BCUT2D eigenvalue weighted by molar-refractivity contribution is -0.137. The SMILES string of the molecule is CC(C)NC(=O)[C@@H]1CCCCN1S(=O)(=O)c1ccc(C(F)(F)F)cc1Cl. The van der Waals surface area contributed by atoms with Crippen LogP contribution in [0.1, 0.15) is 38.7 Å². The predicted octanol–water partition coefficient (Wildman–Crippen LogP) is 3.43. The second kappa shape index (κ2) is 7.74. The molecule has 146 valence electrons. The third-order valence-electron chi connectivity index (χ3n) is 4.03. The van der Waals surface area contributed by atoms with E-state index in [1.807, 2.05) is 0 Å². The number of alkyl halides is 3. The summed E-state index contributed by atoms with van der Waals surface area (Å²) in [6, 6.07) is 1.03. The molecule has 0 radical (unpaired) electrons. The van der Waals surface area contributed by atoms with Crippen LogP contribution in [-0.2, 0) is 21.0 Å². The molecule has 10 heteroatoms. The van der Waals surface area contributed by atoms with Gasteiger partial charge >= 0.3 is 6.18 Å². The van der Waals surface area contributed by atoms with Crippen molar-refractivity contribution in [2.75, 3.05) is 6.54 Å². The van der Waals surface area contributed by atoms with Gasteiger partial charge in [-0.3, -0.25) is 4.79 Å². The Kier molecular flexibility index (Phi) is 6.24. The molecule has 1 aliphatic rings. The Morgan fingerprint density at radius 3 is 2.50 bits per heavy atom. The van der Waals surface area contributed by atoms with Crippen LogP contribution in [0.2, 0.25) is 5.02 Å². The molecule has 1 heterocycles. The minimum absolute atomic E-state index is 0.107. The number of nitrogens with zero attached hydrogens (tertiary/aromatic N) is 1. The van der Waals surface area contributed by atoms with Crippen LogP contribution in [0.15, 0.2) is 23.1 Å². The molecule has 1 amide bonds. The molecular weight excluding hydrogens is 393 g/mol. The second-order valence-electron chi connectivity index (χ2n) is 6.43. The van der Waals surface area contributed by atoms with Crippen molar-refractivity contribution < 1.29 is 26.4 Å². The number of halogens is 4. The Bertz CT molecular complexity index is 781. The van der Waals surface area contributed by atoms with Crippen molar-refractivity contribution in [1.82, 2.24) is 9.62 Å². The van der Waals surface area contributed by atoms with Gasteiger partial charge in [0.15, 0.2) is 0 Å². The molecule has 0 bridgehead atoms. The molecule has 1 aliphatic heterocycles. The van der Waals surface area contributed by atoms with Gasteiger partial charge in [0, 0.05) is 12.6 Å². The molecule has 0 saturated carbocycles. The zero-order valence-corrected chi connectivity index (χ0v) is 15.9. The van der Waals surface area contributed by atoms with Crippen LogP contribution in [0.4, 0.5) is 13.2 Å².